The molecule has 1 aliphatic rings. The summed E-state index contributed by atoms with van der Waals surface area (Å²) >= 11 is 0. The van der Waals surface area contributed by atoms with Gasteiger partial charge in [-0.15, -0.1) is 0 Å². The monoisotopic (exact) mass is 284 g/mol. The first kappa shape index (κ1) is 14.3. The molecule has 1 saturated carbocycles. The molecule has 1 fully saturated rings. The zero-order valence-corrected chi connectivity index (χ0v) is 11.9. The van der Waals surface area contributed by atoms with Gasteiger partial charge in [0.2, 0.25) is 15.6 Å². The van der Waals surface area contributed by atoms with Gasteiger partial charge in [-0.2, -0.15) is 0 Å². The van der Waals surface area contributed by atoms with Gasteiger partial charge in [-0.25, -0.2) is 13.1 Å². The highest BCUT2D eigenvalue weighted by molar-refractivity contribution is 7.89. The second-order valence-electron chi connectivity index (χ2n) is 5.20. The molecule has 0 aliphatic heterocycles. The van der Waals surface area contributed by atoms with Gasteiger partial charge >= 0.3 is 0 Å². The summed E-state index contributed by atoms with van der Waals surface area (Å²) < 4.78 is 27.0. The van der Waals surface area contributed by atoms with Gasteiger partial charge in [-0.3, -0.25) is 4.79 Å². The Morgan fingerprint density at radius 2 is 1.95 bits per heavy atom. The van der Waals surface area contributed by atoms with Crippen molar-refractivity contribution in [2.24, 2.45) is 5.92 Å². The van der Waals surface area contributed by atoms with Gasteiger partial charge in [0.1, 0.15) is 0 Å². The van der Waals surface area contributed by atoms with Crippen molar-refractivity contribution in [3.05, 3.63) is 28.7 Å². The van der Waals surface area contributed by atoms with Crippen LogP contribution in [0.3, 0.4) is 0 Å². The predicted octanol–water partition coefficient (Wildman–Crippen LogP) is 1.62. The largest absolute Gasteiger partial charge is 0.328 e. The molecule has 6 heteroatoms. The summed E-state index contributed by atoms with van der Waals surface area (Å²) in [6.45, 7) is 1.92. The lowest BCUT2D eigenvalue weighted by Crippen LogP contribution is -2.38. The van der Waals surface area contributed by atoms with E-state index in [0.717, 1.165) is 12.8 Å². The SMILES string of the molecule is CC(NS(=O)(=O)c1ccc(=O)[nH]c1)C1CCCCC1. The molecule has 1 heterocycles. The van der Waals surface area contributed by atoms with Crippen LogP contribution in [-0.2, 0) is 10.0 Å². The molecule has 1 aromatic heterocycles. The molecule has 5 nitrogen and oxygen atoms in total. The van der Waals surface area contributed by atoms with E-state index in [2.05, 4.69) is 9.71 Å². The van der Waals surface area contributed by atoms with E-state index >= 15 is 0 Å². The highest BCUT2D eigenvalue weighted by atomic mass is 32.2. The van der Waals surface area contributed by atoms with Gasteiger partial charge in [0.15, 0.2) is 0 Å². The normalized spacial score (nSPS) is 19.2. The summed E-state index contributed by atoms with van der Waals surface area (Å²) in [5.41, 5.74) is -0.306. The zero-order chi connectivity index (χ0) is 13.9. The van der Waals surface area contributed by atoms with E-state index in [1.54, 1.807) is 0 Å². The predicted molar refractivity (Wildman–Crippen MR) is 73.4 cm³/mol. The lowest BCUT2D eigenvalue weighted by molar-refractivity contribution is 0.303. The quantitative estimate of drug-likeness (QED) is 0.882. The third kappa shape index (κ3) is 3.67. The summed E-state index contributed by atoms with van der Waals surface area (Å²) in [6, 6.07) is 2.48. The lowest BCUT2D eigenvalue weighted by Gasteiger charge is -2.28. The molecule has 1 atom stereocenters. The number of nitrogens with one attached hydrogen (secondary N) is 2. The molecular weight excluding hydrogens is 264 g/mol. The number of aromatic amines is 1. The van der Waals surface area contributed by atoms with Crippen LogP contribution in [0.2, 0.25) is 0 Å². The fourth-order valence-electron chi connectivity index (χ4n) is 2.61. The molecule has 0 bridgehead atoms. The van der Waals surface area contributed by atoms with Crippen LogP contribution in [0.4, 0.5) is 0 Å². The first-order valence-corrected chi connectivity index (χ1v) is 8.18. The third-order valence-electron chi connectivity index (χ3n) is 3.76. The molecule has 0 saturated heterocycles. The van der Waals surface area contributed by atoms with E-state index in [1.807, 2.05) is 6.92 Å². The third-order valence-corrected chi connectivity index (χ3v) is 5.32. The molecule has 0 radical (unpaired) electrons. The summed E-state index contributed by atoms with van der Waals surface area (Å²) in [4.78, 5) is 13.4. The van der Waals surface area contributed by atoms with Crippen LogP contribution >= 0.6 is 0 Å². The Kier molecular flexibility index (Phi) is 4.42. The number of sulfonamides is 1. The summed E-state index contributed by atoms with van der Waals surface area (Å²) in [7, 11) is -3.55. The fraction of sp³-hybridized carbons (Fsp3) is 0.615. The van der Waals surface area contributed by atoms with Crippen LogP contribution in [0, 0.1) is 5.92 Å². The molecule has 0 aromatic carbocycles. The second kappa shape index (κ2) is 5.88. The minimum Gasteiger partial charge on any atom is -0.328 e. The Morgan fingerprint density at radius 3 is 2.53 bits per heavy atom. The van der Waals surface area contributed by atoms with E-state index < -0.39 is 10.0 Å². The number of pyridine rings is 1. The van der Waals surface area contributed by atoms with E-state index in [1.165, 1.54) is 37.6 Å². The van der Waals surface area contributed by atoms with Crippen LogP contribution in [0.15, 0.2) is 28.0 Å². The summed E-state index contributed by atoms with van der Waals surface area (Å²) in [5.74, 6) is 0.409. The maximum atomic E-state index is 12.2. The van der Waals surface area contributed by atoms with Crippen molar-refractivity contribution in [1.29, 1.82) is 0 Å². The number of hydrogen-bond acceptors (Lipinski definition) is 3. The Hall–Kier alpha value is -1.14. The molecule has 106 valence electrons. The first-order chi connectivity index (χ1) is 8.99. The van der Waals surface area contributed by atoms with Crippen LogP contribution in [0.25, 0.3) is 0 Å². The van der Waals surface area contributed by atoms with Crippen LogP contribution in [0.1, 0.15) is 39.0 Å². The van der Waals surface area contributed by atoms with Gasteiger partial charge in [0.05, 0.1) is 4.90 Å². The maximum Gasteiger partial charge on any atom is 0.247 e. The van der Waals surface area contributed by atoms with Crippen molar-refractivity contribution in [3.8, 4) is 0 Å². The maximum absolute atomic E-state index is 12.2. The smallest absolute Gasteiger partial charge is 0.247 e. The molecule has 0 amide bonds. The molecule has 0 spiro atoms. The topological polar surface area (TPSA) is 79.0 Å². The molecule has 2 N–H and O–H groups in total. The van der Waals surface area contributed by atoms with Gasteiger partial charge in [-0.1, -0.05) is 19.3 Å². The standard InChI is InChI=1S/C13H20N2O3S/c1-10(11-5-3-2-4-6-11)15-19(17,18)12-7-8-13(16)14-9-12/h7-11,15H,2-6H2,1H3,(H,14,16). The second-order valence-corrected chi connectivity index (χ2v) is 6.91. The van der Waals surface area contributed by atoms with Crippen LogP contribution in [0.5, 0.6) is 0 Å². The molecule has 19 heavy (non-hydrogen) atoms. The molecule has 2 rings (SSSR count). The zero-order valence-electron chi connectivity index (χ0n) is 11.1. The molecule has 1 unspecified atom stereocenters. The number of rotatable bonds is 4. The van der Waals surface area contributed by atoms with Crippen molar-refractivity contribution in [1.82, 2.24) is 9.71 Å². The van der Waals surface area contributed by atoms with Crippen molar-refractivity contribution < 1.29 is 8.42 Å². The van der Waals surface area contributed by atoms with Crippen LogP contribution in [-0.4, -0.2) is 19.4 Å². The molecule has 1 aliphatic carbocycles. The minimum absolute atomic E-state index is 0.0720. The van der Waals surface area contributed by atoms with Crippen molar-refractivity contribution in [2.75, 3.05) is 0 Å². The number of H-pyrrole nitrogens is 1. The van der Waals surface area contributed by atoms with Crippen LogP contribution < -0.4 is 10.3 Å². The number of aromatic nitrogens is 1. The van der Waals surface area contributed by atoms with Gasteiger partial charge in [-0.05, 0) is 31.7 Å². The fourth-order valence-corrected chi connectivity index (χ4v) is 3.89. The highest BCUT2D eigenvalue weighted by Crippen LogP contribution is 2.27. The average molecular weight is 284 g/mol. The van der Waals surface area contributed by atoms with E-state index in [9.17, 15) is 13.2 Å². The molecular formula is C13H20N2O3S. The Labute approximate surface area is 113 Å². The van der Waals surface area contributed by atoms with Gasteiger partial charge < -0.3 is 4.98 Å². The Morgan fingerprint density at radius 1 is 1.26 bits per heavy atom. The van der Waals surface area contributed by atoms with Crippen molar-refractivity contribution in [3.63, 3.8) is 0 Å². The summed E-state index contributed by atoms with van der Waals surface area (Å²) in [5, 5.41) is 0. The minimum atomic E-state index is -3.55. The van der Waals surface area contributed by atoms with Gasteiger partial charge in [0, 0.05) is 18.3 Å². The van der Waals surface area contributed by atoms with Gasteiger partial charge in [0.25, 0.3) is 0 Å². The lowest BCUT2D eigenvalue weighted by atomic mass is 9.85. The first-order valence-electron chi connectivity index (χ1n) is 6.70. The highest BCUT2D eigenvalue weighted by Gasteiger charge is 2.25. The van der Waals surface area contributed by atoms with Crippen molar-refractivity contribution >= 4 is 10.0 Å². The van der Waals surface area contributed by atoms with E-state index in [-0.39, 0.29) is 16.5 Å². The van der Waals surface area contributed by atoms with E-state index in [0.29, 0.717) is 5.92 Å². The Balaban J connectivity index is 2.07. The molecule has 1 aromatic rings. The number of hydrogen-bond donors (Lipinski definition) is 2. The Bertz CT molecular complexity index is 553. The summed E-state index contributed by atoms with van der Waals surface area (Å²) in [6.07, 6.45) is 6.99. The average Bonchev–Trinajstić information content (AvgIpc) is 2.40. The van der Waals surface area contributed by atoms with E-state index in [4.69, 9.17) is 0 Å². The van der Waals surface area contributed by atoms with Crippen molar-refractivity contribution in [2.45, 2.75) is 50.0 Å².